The van der Waals surface area contributed by atoms with Crippen LogP contribution in [-0.2, 0) is 22.7 Å². The highest BCUT2D eigenvalue weighted by Crippen LogP contribution is 2.28. The van der Waals surface area contributed by atoms with Crippen molar-refractivity contribution in [2.75, 3.05) is 0 Å². The fraction of sp³-hybridized carbons (Fsp3) is 0.0556. The first-order valence-corrected chi connectivity index (χ1v) is 15.4. The summed E-state index contributed by atoms with van der Waals surface area (Å²) in [5.41, 5.74) is 5.89. The predicted octanol–water partition coefficient (Wildman–Crippen LogP) is 7.94. The molecular formula is C36H26N4O2S2. The van der Waals surface area contributed by atoms with E-state index in [4.69, 9.17) is 6.57 Å². The second-order valence-electron chi connectivity index (χ2n) is 9.70. The normalized spacial score (nSPS) is 11.3. The second kappa shape index (κ2) is 14.6. The van der Waals surface area contributed by atoms with Crippen LogP contribution in [0.5, 0.6) is 0 Å². The van der Waals surface area contributed by atoms with Gasteiger partial charge in [-0.15, -0.1) is 22.7 Å². The average Bonchev–Trinajstić information content (AvgIpc) is 3.75. The molecule has 5 rings (SSSR count). The zero-order chi connectivity index (χ0) is 30.7. The molecule has 6 nitrogen and oxygen atoms in total. The van der Waals surface area contributed by atoms with Gasteiger partial charge in [0, 0.05) is 22.8 Å². The van der Waals surface area contributed by atoms with Crippen molar-refractivity contribution in [2.24, 2.45) is 0 Å². The Balaban J connectivity index is 1.16. The van der Waals surface area contributed by atoms with Gasteiger partial charge in [-0.1, -0.05) is 84.9 Å². The number of benzene rings is 3. The summed E-state index contributed by atoms with van der Waals surface area (Å²) in [5, 5.41) is 19.2. The summed E-state index contributed by atoms with van der Waals surface area (Å²) in [5.74, 6) is -0.919. The van der Waals surface area contributed by atoms with Gasteiger partial charge < -0.3 is 10.6 Å². The summed E-state index contributed by atoms with van der Waals surface area (Å²) in [6.45, 7) is 7.96. The first-order chi connectivity index (χ1) is 21.5. The number of carbonyl (C=O) groups is 2. The van der Waals surface area contributed by atoms with E-state index in [1.807, 2.05) is 114 Å². The molecule has 3 aromatic carbocycles. The van der Waals surface area contributed by atoms with E-state index in [1.165, 1.54) is 22.7 Å². The van der Waals surface area contributed by atoms with Gasteiger partial charge in [-0.05, 0) is 68.4 Å². The molecule has 2 aromatic heterocycles. The molecule has 0 atom stereocenters. The van der Waals surface area contributed by atoms with Crippen LogP contribution in [0.1, 0.15) is 20.9 Å². The Morgan fingerprint density at radius 3 is 1.75 bits per heavy atom. The Labute approximate surface area is 264 Å². The van der Waals surface area contributed by atoms with Crippen molar-refractivity contribution in [3.05, 3.63) is 151 Å². The molecule has 0 bridgehead atoms. The van der Waals surface area contributed by atoms with Crippen molar-refractivity contribution in [3.63, 3.8) is 0 Å². The summed E-state index contributed by atoms with van der Waals surface area (Å²) in [7, 11) is 0. The minimum Gasteiger partial charge on any atom is -0.357 e. The van der Waals surface area contributed by atoms with Crippen molar-refractivity contribution >= 4 is 46.6 Å². The lowest BCUT2D eigenvalue weighted by molar-refractivity contribution is -0.118. The number of carbonyl (C=O) groups excluding carboxylic acids is 2. The topological polar surface area (TPSA) is 86.3 Å². The molecule has 0 radical (unpaired) electrons. The zero-order valence-electron chi connectivity index (χ0n) is 23.5. The SMILES string of the molecule is [C-]#[N+]/C(=C/c1cc(-c2ccccc2)cs1)C(=O)NCc1cccc(CNC(=O)/C(C#N)=C\c2cc(-c3ccccc3)cs2)c1. The Bertz CT molecular complexity index is 1790. The number of hydrogen-bond acceptors (Lipinski definition) is 5. The first kappa shape index (κ1) is 29.9. The van der Waals surface area contributed by atoms with Crippen molar-refractivity contribution in [1.82, 2.24) is 10.6 Å². The largest absolute Gasteiger partial charge is 0.357 e. The molecule has 2 amide bonds. The fourth-order valence-corrected chi connectivity index (χ4v) is 6.09. The third-order valence-corrected chi connectivity index (χ3v) is 8.39. The summed E-state index contributed by atoms with van der Waals surface area (Å²) < 4.78 is 0. The highest BCUT2D eigenvalue weighted by Gasteiger charge is 2.13. The van der Waals surface area contributed by atoms with Crippen LogP contribution in [0.15, 0.2) is 119 Å². The van der Waals surface area contributed by atoms with Crippen LogP contribution in [0, 0.1) is 17.9 Å². The van der Waals surface area contributed by atoms with E-state index in [0.29, 0.717) is 0 Å². The summed E-state index contributed by atoms with van der Waals surface area (Å²) in [6.07, 6.45) is 3.20. The monoisotopic (exact) mass is 610 g/mol. The van der Waals surface area contributed by atoms with Crippen molar-refractivity contribution < 1.29 is 9.59 Å². The van der Waals surface area contributed by atoms with Gasteiger partial charge in [0.1, 0.15) is 11.6 Å². The molecule has 5 aromatic rings. The van der Waals surface area contributed by atoms with Gasteiger partial charge in [-0.3, -0.25) is 9.59 Å². The molecule has 2 N–H and O–H groups in total. The van der Waals surface area contributed by atoms with Crippen molar-refractivity contribution in [1.29, 1.82) is 5.26 Å². The third-order valence-electron chi connectivity index (χ3n) is 6.63. The molecule has 2 heterocycles. The molecule has 0 aliphatic carbocycles. The second-order valence-corrected chi connectivity index (χ2v) is 11.6. The highest BCUT2D eigenvalue weighted by molar-refractivity contribution is 7.11. The number of nitrogens with zero attached hydrogens (tertiary/aromatic N) is 2. The Hall–Kier alpha value is -5.54. The molecule has 0 saturated heterocycles. The van der Waals surface area contributed by atoms with Gasteiger partial charge >= 0.3 is 0 Å². The highest BCUT2D eigenvalue weighted by atomic mass is 32.1. The molecule has 0 aliphatic rings. The molecular weight excluding hydrogens is 585 g/mol. The van der Waals surface area contributed by atoms with E-state index in [0.717, 1.165) is 43.1 Å². The van der Waals surface area contributed by atoms with Gasteiger partial charge in [-0.2, -0.15) is 5.26 Å². The Kier molecular flexibility index (Phi) is 9.91. The van der Waals surface area contributed by atoms with E-state index in [9.17, 15) is 14.9 Å². The molecule has 0 aliphatic heterocycles. The average molecular weight is 611 g/mol. The Morgan fingerprint density at radius 1 is 0.705 bits per heavy atom. The molecule has 8 heteroatoms. The van der Waals surface area contributed by atoms with Gasteiger partial charge in [0.05, 0.1) is 6.57 Å². The number of nitriles is 1. The number of rotatable bonds is 10. The zero-order valence-corrected chi connectivity index (χ0v) is 25.1. The van der Waals surface area contributed by atoms with Gasteiger partial charge in [0.25, 0.3) is 17.5 Å². The van der Waals surface area contributed by atoms with Gasteiger partial charge in [0.2, 0.25) is 0 Å². The van der Waals surface area contributed by atoms with Crippen LogP contribution in [-0.4, -0.2) is 11.8 Å². The summed E-state index contributed by atoms with van der Waals surface area (Å²) in [4.78, 5) is 30.7. The standard InChI is InChI=1S/C36H26N4O2S2/c1-38-34(19-33-18-31(24-44-33)28-13-6-3-7-14-28)36(42)40-22-26-10-8-9-25(15-26)21-39-35(41)29(20-37)16-32-17-30(23-43-32)27-11-4-2-5-12-27/h2-19,23-24H,21-22H2,(H,39,41)(H,40,42)/b29-16-,34-19+. The number of amides is 2. The lowest BCUT2D eigenvalue weighted by atomic mass is 10.1. The molecule has 0 fully saturated rings. The van der Waals surface area contributed by atoms with E-state index in [-0.39, 0.29) is 24.4 Å². The Morgan fingerprint density at radius 2 is 1.23 bits per heavy atom. The number of nitrogens with one attached hydrogen (secondary N) is 2. The van der Waals surface area contributed by atoms with E-state index in [2.05, 4.69) is 15.5 Å². The van der Waals surface area contributed by atoms with Gasteiger partial charge in [-0.25, -0.2) is 4.85 Å². The molecule has 44 heavy (non-hydrogen) atoms. The van der Waals surface area contributed by atoms with Crippen LogP contribution in [0.2, 0.25) is 0 Å². The molecule has 0 unspecified atom stereocenters. The smallest absolute Gasteiger partial charge is 0.262 e. The van der Waals surface area contributed by atoms with Crippen LogP contribution in [0.25, 0.3) is 39.3 Å². The van der Waals surface area contributed by atoms with Crippen LogP contribution in [0.3, 0.4) is 0 Å². The third kappa shape index (κ3) is 7.84. The van der Waals surface area contributed by atoms with E-state index in [1.54, 1.807) is 12.2 Å². The lowest BCUT2D eigenvalue weighted by Gasteiger charge is -2.08. The number of thiophene rings is 2. The molecule has 0 saturated carbocycles. The summed E-state index contributed by atoms with van der Waals surface area (Å²) in [6, 6.07) is 33.2. The van der Waals surface area contributed by atoms with E-state index < -0.39 is 11.8 Å². The predicted molar refractivity (Wildman–Crippen MR) is 178 cm³/mol. The maximum Gasteiger partial charge on any atom is 0.262 e. The summed E-state index contributed by atoms with van der Waals surface area (Å²) >= 11 is 2.95. The maximum atomic E-state index is 12.8. The first-order valence-electron chi connectivity index (χ1n) is 13.7. The number of hydrogen-bond donors (Lipinski definition) is 2. The van der Waals surface area contributed by atoms with Crippen LogP contribution < -0.4 is 10.6 Å². The quantitative estimate of drug-likeness (QED) is 0.0956. The minimum atomic E-state index is -0.461. The van der Waals surface area contributed by atoms with Crippen molar-refractivity contribution in [2.45, 2.75) is 13.1 Å². The van der Waals surface area contributed by atoms with E-state index >= 15 is 0 Å². The van der Waals surface area contributed by atoms with Crippen LogP contribution >= 0.6 is 22.7 Å². The lowest BCUT2D eigenvalue weighted by Crippen LogP contribution is -2.25. The molecule has 214 valence electrons. The van der Waals surface area contributed by atoms with Crippen LogP contribution in [0.4, 0.5) is 0 Å². The fourth-order valence-electron chi connectivity index (χ4n) is 4.40. The van der Waals surface area contributed by atoms with Crippen molar-refractivity contribution in [3.8, 4) is 28.3 Å². The minimum absolute atomic E-state index is 0.00679. The maximum absolute atomic E-state index is 12.8. The molecule has 0 spiro atoms. The van der Waals surface area contributed by atoms with Gasteiger partial charge in [0.15, 0.2) is 0 Å².